The molecule has 0 heterocycles. The highest BCUT2D eigenvalue weighted by Crippen LogP contribution is 2.18. The summed E-state index contributed by atoms with van der Waals surface area (Å²) in [4.78, 5) is 15.0. The Morgan fingerprint density at radius 1 is 1.44 bits per heavy atom. The number of hydrogen-bond donors (Lipinski definition) is 2. The molecule has 1 amide bonds. The van der Waals surface area contributed by atoms with E-state index in [1.54, 1.807) is 7.05 Å². The van der Waals surface area contributed by atoms with Gasteiger partial charge < -0.3 is 11.1 Å². The maximum atomic E-state index is 10.7. The van der Waals surface area contributed by atoms with Crippen molar-refractivity contribution in [2.45, 2.75) is 20.3 Å². The highest BCUT2D eigenvalue weighted by Gasteiger charge is 2.13. The van der Waals surface area contributed by atoms with Crippen molar-refractivity contribution in [2.75, 3.05) is 7.05 Å². The number of hydrogen-bond acceptors (Lipinski definition) is 3. The summed E-state index contributed by atoms with van der Waals surface area (Å²) in [5.41, 5.74) is 10.0. The van der Waals surface area contributed by atoms with E-state index in [9.17, 15) is 4.79 Å². The Morgan fingerprint density at radius 3 is 2.72 bits per heavy atom. The third kappa shape index (κ3) is 3.20. The Kier molecular flexibility index (Phi) is 5.11. The molecule has 0 aliphatic heterocycles. The fraction of sp³-hybridized carbons (Fsp3) is 0.286. The second kappa shape index (κ2) is 6.59. The Labute approximate surface area is 108 Å². The van der Waals surface area contributed by atoms with Crippen LogP contribution in [0.3, 0.4) is 0 Å². The van der Waals surface area contributed by atoms with Gasteiger partial charge in [0.1, 0.15) is 0 Å². The minimum absolute atomic E-state index is 0.664. The molecule has 3 N–H and O–H groups in total. The van der Waals surface area contributed by atoms with Crippen LogP contribution in [0.1, 0.15) is 20.3 Å². The lowest BCUT2D eigenvalue weighted by atomic mass is 9.99. The van der Waals surface area contributed by atoms with Gasteiger partial charge in [-0.2, -0.15) is 0 Å². The van der Waals surface area contributed by atoms with E-state index >= 15 is 0 Å². The van der Waals surface area contributed by atoms with E-state index in [0.717, 1.165) is 28.3 Å². The molecule has 1 rings (SSSR count). The van der Waals surface area contributed by atoms with Crippen LogP contribution in [0.25, 0.3) is 0 Å². The van der Waals surface area contributed by atoms with Gasteiger partial charge in [-0.15, -0.1) is 0 Å². The second-order valence-corrected chi connectivity index (χ2v) is 4.03. The zero-order valence-corrected chi connectivity index (χ0v) is 11.0. The first-order valence-corrected chi connectivity index (χ1v) is 5.78. The first kappa shape index (κ1) is 14.0. The highest BCUT2D eigenvalue weighted by molar-refractivity contribution is 6.14. The highest BCUT2D eigenvalue weighted by atomic mass is 16.1. The van der Waals surface area contributed by atoms with Gasteiger partial charge in [-0.25, -0.2) is 0 Å². The van der Waals surface area contributed by atoms with Crippen molar-refractivity contribution in [3.8, 4) is 0 Å². The zero-order chi connectivity index (χ0) is 13.5. The molecule has 0 spiro atoms. The van der Waals surface area contributed by atoms with Gasteiger partial charge in [0.05, 0.1) is 5.71 Å². The fourth-order valence-corrected chi connectivity index (χ4v) is 1.73. The van der Waals surface area contributed by atoms with Gasteiger partial charge in [-0.3, -0.25) is 9.79 Å². The summed E-state index contributed by atoms with van der Waals surface area (Å²) >= 11 is 0. The molecule has 0 saturated heterocycles. The molecule has 0 saturated carbocycles. The standard InChI is InChI=1S/C14H19N3O/c1-10(11(2)15)14(16-3)12-7-5-4-6-8-13(12)17-9-18/h4-7,9H,8,15H2,1-3H3,(H,17,18)/b11-10+,16-14?. The number of nitrogens with zero attached hydrogens (tertiary/aromatic N) is 1. The Hall–Kier alpha value is -2.10. The zero-order valence-electron chi connectivity index (χ0n) is 11.0. The van der Waals surface area contributed by atoms with E-state index in [4.69, 9.17) is 5.73 Å². The van der Waals surface area contributed by atoms with Crippen LogP contribution in [0.5, 0.6) is 0 Å². The van der Waals surface area contributed by atoms with Crippen LogP contribution in [0.15, 0.2) is 51.8 Å². The molecule has 96 valence electrons. The van der Waals surface area contributed by atoms with Gasteiger partial charge in [0, 0.05) is 30.4 Å². The van der Waals surface area contributed by atoms with E-state index in [0.29, 0.717) is 12.8 Å². The number of carbonyl (C=O) groups is 1. The number of rotatable bonds is 4. The Bertz CT molecular complexity index is 475. The SMILES string of the molecule is CN=C(C1=C(NC=O)CC=CC=C1)/C(C)=C(\C)N. The smallest absolute Gasteiger partial charge is 0.211 e. The van der Waals surface area contributed by atoms with Crippen molar-refractivity contribution >= 4 is 12.1 Å². The van der Waals surface area contributed by atoms with Crippen LogP contribution in [-0.4, -0.2) is 19.2 Å². The first-order chi connectivity index (χ1) is 8.61. The molecule has 1 aliphatic rings. The number of aliphatic imine (C=N–C) groups is 1. The molecule has 0 fully saturated rings. The van der Waals surface area contributed by atoms with E-state index in [1.807, 2.05) is 38.2 Å². The van der Waals surface area contributed by atoms with Crippen LogP contribution in [-0.2, 0) is 4.79 Å². The van der Waals surface area contributed by atoms with Gasteiger partial charge in [0.2, 0.25) is 6.41 Å². The van der Waals surface area contributed by atoms with Crippen molar-refractivity contribution in [1.29, 1.82) is 0 Å². The first-order valence-electron chi connectivity index (χ1n) is 5.78. The van der Waals surface area contributed by atoms with Crippen molar-refractivity contribution in [3.63, 3.8) is 0 Å². The lowest BCUT2D eigenvalue weighted by molar-refractivity contribution is -0.108. The largest absolute Gasteiger partial charge is 0.402 e. The van der Waals surface area contributed by atoms with Gasteiger partial charge in [-0.1, -0.05) is 24.3 Å². The predicted octanol–water partition coefficient (Wildman–Crippen LogP) is 1.83. The summed E-state index contributed by atoms with van der Waals surface area (Å²) in [6, 6.07) is 0. The summed E-state index contributed by atoms with van der Waals surface area (Å²) in [5.74, 6) is 0. The summed E-state index contributed by atoms with van der Waals surface area (Å²) in [7, 11) is 1.72. The molecule has 4 nitrogen and oxygen atoms in total. The summed E-state index contributed by atoms with van der Waals surface area (Å²) in [5, 5.41) is 2.74. The molecular weight excluding hydrogens is 226 g/mol. The normalized spacial score (nSPS) is 17.4. The molecule has 0 atom stereocenters. The lowest BCUT2D eigenvalue weighted by Crippen LogP contribution is -2.18. The van der Waals surface area contributed by atoms with Crippen molar-refractivity contribution in [2.24, 2.45) is 10.7 Å². The van der Waals surface area contributed by atoms with Crippen LogP contribution >= 0.6 is 0 Å². The van der Waals surface area contributed by atoms with Crippen LogP contribution < -0.4 is 11.1 Å². The third-order valence-corrected chi connectivity index (χ3v) is 2.82. The molecule has 0 aromatic rings. The number of nitrogens with one attached hydrogen (secondary N) is 1. The Balaban J connectivity index is 3.32. The van der Waals surface area contributed by atoms with Crippen molar-refractivity contribution in [3.05, 3.63) is 46.8 Å². The van der Waals surface area contributed by atoms with Crippen LogP contribution in [0.2, 0.25) is 0 Å². The number of allylic oxidation sites excluding steroid dienone is 7. The predicted molar refractivity (Wildman–Crippen MR) is 75.0 cm³/mol. The molecule has 0 aromatic carbocycles. The molecule has 1 aliphatic carbocycles. The fourth-order valence-electron chi connectivity index (χ4n) is 1.73. The van der Waals surface area contributed by atoms with Gasteiger partial charge >= 0.3 is 0 Å². The summed E-state index contributed by atoms with van der Waals surface area (Å²) in [6.45, 7) is 3.77. The minimum Gasteiger partial charge on any atom is -0.402 e. The third-order valence-electron chi connectivity index (χ3n) is 2.82. The van der Waals surface area contributed by atoms with Gasteiger partial charge in [0.25, 0.3) is 0 Å². The molecule has 4 heteroatoms. The van der Waals surface area contributed by atoms with E-state index in [2.05, 4.69) is 10.3 Å². The quantitative estimate of drug-likeness (QED) is 0.586. The average molecular weight is 245 g/mol. The van der Waals surface area contributed by atoms with Gasteiger partial charge in [0.15, 0.2) is 0 Å². The minimum atomic E-state index is 0.664. The van der Waals surface area contributed by atoms with E-state index < -0.39 is 0 Å². The average Bonchev–Trinajstić information content (AvgIpc) is 2.57. The van der Waals surface area contributed by atoms with E-state index in [-0.39, 0.29) is 0 Å². The lowest BCUT2D eigenvalue weighted by Gasteiger charge is -2.13. The van der Waals surface area contributed by atoms with E-state index in [1.165, 1.54) is 0 Å². The maximum Gasteiger partial charge on any atom is 0.211 e. The monoisotopic (exact) mass is 245 g/mol. The number of nitrogens with two attached hydrogens (primary N) is 1. The Morgan fingerprint density at radius 2 is 2.17 bits per heavy atom. The molecule has 0 unspecified atom stereocenters. The molecule has 0 bridgehead atoms. The van der Waals surface area contributed by atoms with Crippen LogP contribution in [0.4, 0.5) is 0 Å². The van der Waals surface area contributed by atoms with Crippen molar-refractivity contribution < 1.29 is 4.79 Å². The number of carbonyl (C=O) groups excluding carboxylic acids is 1. The second-order valence-electron chi connectivity index (χ2n) is 4.03. The maximum absolute atomic E-state index is 10.7. The number of amides is 1. The van der Waals surface area contributed by atoms with Crippen LogP contribution in [0, 0.1) is 0 Å². The summed E-state index contributed by atoms with van der Waals surface area (Å²) in [6.07, 6.45) is 9.14. The van der Waals surface area contributed by atoms with Gasteiger partial charge in [-0.05, 0) is 19.4 Å². The van der Waals surface area contributed by atoms with Crippen molar-refractivity contribution in [1.82, 2.24) is 5.32 Å². The topological polar surface area (TPSA) is 67.5 Å². The molecular formula is C14H19N3O. The molecule has 0 aromatic heterocycles. The molecule has 0 radical (unpaired) electrons. The summed E-state index contributed by atoms with van der Waals surface area (Å²) < 4.78 is 0. The molecule has 18 heavy (non-hydrogen) atoms.